The molecule has 0 bridgehead atoms. The van der Waals surface area contributed by atoms with Crippen LogP contribution in [0.4, 0.5) is 0 Å². The molecule has 5 heteroatoms. The zero-order valence-electron chi connectivity index (χ0n) is 11.2. The van der Waals surface area contributed by atoms with Crippen molar-refractivity contribution in [3.05, 3.63) is 50.7 Å². The molecule has 1 heterocycles. The topological polar surface area (TPSA) is 43.8 Å². The van der Waals surface area contributed by atoms with Gasteiger partial charge < -0.3 is 5.73 Å². The van der Waals surface area contributed by atoms with Crippen LogP contribution < -0.4 is 5.73 Å². The Bertz CT molecular complexity index is 592. The lowest BCUT2D eigenvalue weighted by molar-refractivity contribution is 0.498. The third kappa shape index (κ3) is 2.86. The van der Waals surface area contributed by atoms with Crippen molar-refractivity contribution in [3.8, 4) is 0 Å². The van der Waals surface area contributed by atoms with Gasteiger partial charge in [-0.1, -0.05) is 23.7 Å². The van der Waals surface area contributed by atoms with Gasteiger partial charge in [-0.3, -0.25) is 4.68 Å². The summed E-state index contributed by atoms with van der Waals surface area (Å²) in [5.74, 6) is 0. The number of hydrogen-bond acceptors (Lipinski definition) is 2. The molecule has 2 N–H and O–H groups in total. The Hall–Kier alpha value is -0.840. The lowest BCUT2D eigenvalue weighted by Gasteiger charge is -2.19. The summed E-state index contributed by atoms with van der Waals surface area (Å²) in [7, 11) is 0. The van der Waals surface area contributed by atoms with Crippen molar-refractivity contribution in [1.82, 2.24) is 9.78 Å². The predicted octanol–water partition coefficient (Wildman–Crippen LogP) is 4.24. The van der Waals surface area contributed by atoms with Gasteiger partial charge in [0.05, 0.1) is 22.4 Å². The first-order valence-corrected chi connectivity index (χ1v) is 7.33. The lowest BCUT2D eigenvalue weighted by atomic mass is 10.0. The number of halogens is 2. The van der Waals surface area contributed by atoms with Crippen LogP contribution in [0, 0.1) is 6.92 Å². The van der Waals surface area contributed by atoms with Crippen LogP contribution >= 0.6 is 27.5 Å². The van der Waals surface area contributed by atoms with E-state index >= 15 is 0 Å². The van der Waals surface area contributed by atoms with E-state index in [1.165, 1.54) is 0 Å². The van der Waals surface area contributed by atoms with Crippen molar-refractivity contribution in [1.29, 1.82) is 0 Å². The van der Waals surface area contributed by atoms with Crippen molar-refractivity contribution < 1.29 is 0 Å². The van der Waals surface area contributed by atoms with Gasteiger partial charge in [-0.15, -0.1) is 0 Å². The van der Waals surface area contributed by atoms with Gasteiger partial charge in [0.1, 0.15) is 0 Å². The summed E-state index contributed by atoms with van der Waals surface area (Å²) in [5.41, 5.74) is 9.36. The number of hydrogen-bond donors (Lipinski definition) is 1. The van der Waals surface area contributed by atoms with Crippen LogP contribution in [0.1, 0.15) is 42.8 Å². The second-order valence-corrected chi connectivity index (χ2v) is 6.18. The molecule has 0 radical (unpaired) electrons. The molecule has 1 atom stereocenters. The van der Waals surface area contributed by atoms with E-state index in [0.717, 1.165) is 21.3 Å². The summed E-state index contributed by atoms with van der Waals surface area (Å²) < 4.78 is 2.83. The van der Waals surface area contributed by atoms with E-state index in [1.807, 2.05) is 29.8 Å². The monoisotopic (exact) mass is 341 g/mol. The number of aromatic nitrogens is 2. The van der Waals surface area contributed by atoms with Crippen LogP contribution in [-0.2, 0) is 0 Å². The molecular weight excluding hydrogens is 326 g/mol. The highest BCUT2D eigenvalue weighted by Crippen LogP contribution is 2.32. The predicted molar refractivity (Wildman–Crippen MR) is 82.5 cm³/mol. The van der Waals surface area contributed by atoms with Crippen molar-refractivity contribution >= 4 is 27.5 Å². The summed E-state index contributed by atoms with van der Waals surface area (Å²) in [4.78, 5) is 0. The summed E-state index contributed by atoms with van der Waals surface area (Å²) in [6.45, 7) is 6.16. The Morgan fingerprint density at radius 1 is 1.37 bits per heavy atom. The van der Waals surface area contributed by atoms with Crippen LogP contribution in [0.3, 0.4) is 0 Å². The van der Waals surface area contributed by atoms with Crippen molar-refractivity contribution in [2.45, 2.75) is 32.9 Å². The number of benzene rings is 1. The summed E-state index contributed by atoms with van der Waals surface area (Å²) in [5, 5.41) is 5.05. The Balaban J connectivity index is 2.49. The third-order valence-corrected chi connectivity index (χ3v) is 4.00. The zero-order chi connectivity index (χ0) is 14.2. The molecule has 102 valence electrons. The number of nitrogens with zero attached hydrogens (tertiary/aromatic N) is 2. The van der Waals surface area contributed by atoms with Gasteiger partial charge in [0, 0.05) is 11.1 Å². The Labute approximate surface area is 126 Å². The fourth-order valence-electron chi connectivity index (χ4n) is 2.08. The van der Waals surface area contributed by atoms with E-state index < -0.39 is 0 Å². The zero-order valence-corrected chi connectivity index (χ0v) is 13.5. The minimum atomic E-state index is -0.299. The normalized spacial score (nSPS) is 13.0. The highest BCUT2D eigenvalue weighted by atomic mass is 79.9. The van der Waals surface area contributed by atoms with Gasteiger partial charge in [-0.2, -0.15) is 5.10 Å². The first kappa shape index (κ1) is 14.6. The molecule has 2 rings (SSSR count). The highest BCUT2D eigenvalue weighted by Gasteiger charge is 2.21. The van der Waals surface area contributed by atoms with Gasteiger partial charge in [0.25, 0.3) is 0 Å². The Kier molecular flexibility index (Phi) is 4.33. The molecule has 2 aromatic rings. The molecule has 0 saturated heterocycles. The molecule has 0 aliphatic rings. The second-order valence-electron chi connectivity index (χ2n) is 4.92. The van der Waals surface area contributed by atoms with E-state index in [4.69, 9.17) is 17.3 Å². The molecule has 0 saturated carbocycles. The average Bonchev–Trinajstić information content (AvgIpc) is 2.70. The highest BCUT2D eigenvalue weighted by molar-refractivity contribution is 9.10. The fraction of sp³-hybridized carbons (Fsp3) is 0.357. The quantitative estimate of drug-likeness (QED) is 0.907. The van der Waals surface area contributed by atoms with Crippen LogP contribution in [0.15, 0.2) is 28.9 Å². The van der Waals surface area contributed by atoms with E-state index in [-0.39, 0.29) is 12.1 Å². The van der Waals surface area contributed by atoms with Gasteiger partial charge in [0.2, 0.25) is 0 Å². The molecule has 0 spiro atoms. The van der Waals surface area contributed by atoms with Crippen molar-refractivity contribution in [2.24, 2.45) is 5.73 Å². The van der Waals surface area contributed by atoms with Gasteiger partial charge in [-0.05, 0) is 53.9 Å². The standard InChI is InChI=1S/C14H17BrClN3/c1-8(2)19-14(11(15)7-18-19)13(17)10-5-4-9(3)6-12(10)16/h4-8,13H,17H2,1-3H3. The summed E-state index contributed by atoms with van der Waals surface area (Å²) in [6, 6.07) is 5.88. The van der Waals surface area contributed by atoms with Gasteiger partial charge in [-0.25, -0.2) is 0 Å². The Morgan fingerprint density at radius 3 is 2.63 bits per heavy atom. The first-order valence-electron chi connectivity index (χ1n) is 6.16. The number of nitrogens with two attached hydrogens (primary N) is 1. The molecular formula is C14H17BrClN3. The largest absolute Gasteiger partial charge is 0.319 e. The van der Waals surface area contributed by atoms with Crippen LogP contribution in [0.2, 0.25) is 5.02 Å². The molecule has 19 heavy (non-hydrogen) atoms. The van der Waals surface area contributed by atoms with E-state index in [0.29, 0.717) is 5.02 Å². The molecule has 0 aliphatic heterocycles. The van der Waals surface area contributed by atoms with Gasteiger partial charge >= 0.3 is 0 Å². The minimum Gasteiger partial charge on any atom is -0.319 e. The lowest BCUT2D eigenvalue weighted by Crippen LogP contribution is -2.19. The SMILES string of the molecule is Cc1ccc(C(N)c2c(Br)cnn2C(C)C)c(Cl)c1. The van der Waals surface area contributed by atoms with Crippen LogP contribution in [0.5, 0.6) is 0 Å². The molecule has 1 aromatic heterocycles. The molecule has 0 fully saturated rings. The van der Waals surface area contributed by atoms with E-state index in [2.05, 4.69) is 34.9 Å². The molecule has 1 aromatic carbocycles. The molecule has 0 amide bonds. The number of rotatable bonds is 3. The maximum Gasteiger partial charge on any atom is 0.0749 e. The Morgan fingerprint density at radius 2 is 2.05 bits per heavy atom. The average molecular weight is 343 g/mol. The van der Waals surface area contributed by atoms with Crippen molar-refractivity contribution in [2.75, 3.05) is 0 Å². The maximum absolute atomic E-state index is 6.38. The van der Waals surface area contributed by atoms with Gasteiger partial charge in [0.15, 0.2) is 0 Å². The summed E-state index contributed by atoms with van der Waals surface area (Å²) >= 11 is 9.82. The number of aryl methyl sites for hydroxylation is 1. The maximum atomic E-state index is 6.38. The smallest absolute Gasteiger partial charge is 0.0749 e. The minimum absolute atomic E-state index is 0.247. The molecule has 3 nitrogen and oxygen atoms in total. The van der Waals surface area contributed by atoms with E-state index in [1.54, 1.807) is 6.20 Å². The molecule has 1 unspecified atom stereocenters. The molecule has 0 aliphatic carbocycles. The second kappa shape index (κ2) is 5.65. The van der Waals surface area contributed by atoms with Crippen molar-refractivity contribution in [3.63, 3.8) is 0 Å². The fourth-order valence-corrected chi connectivity index (χ4v) is 2.96. The summed E-state index contributed by atoms with van der Waals surface area (Å²) in [6.07, 6.45) is 1.78. The van der Waals surface area contributed by atoms with E-state index in [9.17, 15) is 0 Å². The van der Waals surface area contributed by atoms with Crippen LogP contribution in [-0.4, -0.2) is 9.78 Å². The third-order valence-electron chi connectivity index (χ3n) is 3.06. The van der Waals surface area contributed by atoms with Crippen LogP contribution in [0.25, 0.3) is 0 Å². The first-order chi connectivity index (χ1) is 8.91.